The van der Waals surface area contributed by atoms with E-state index in [1.165, 1.54) is 70.9 Å². The van der Waals surface area contributed by atoms with Crippen LogP contribution >= 0.6 is 0 Å². The van der Waals surface area contributed by atoms with Gasteiger partial charge in [0.15, 0.2) is 0 Å². The van der Waals surface area contributed by atoms with Gasteiger partial charge in [-0.1, -0.05) is 138 Å². The summed E-state index contributed by atoms with van der Waals surface area (Å²) in [7, 11) is 0. The van der Waals surface area contributed by atoms with E-state index in [1.807, 2.05) is 0 Å². The first-order valence-corrected chi connectivity index (χ1v) is 14.8. The molecular weight excluding hydrogens is 611 g/mol. The quantitative estimate of drug-likeness (QED) is 0.151. The van der Waals surface area contributed by atoms with Crippen LogP contribution in [-0.4, -0.2) is 0 Å². The maximum atomic E-state index is 2.37. The molecule has 0 unspecified atom stereocenters. The van der Waals surface area contributed by atoms with E-state index in [2.05, 4.69) is 164 Å². The number of rotatable bonds is 1. The first-order valence-electron chi connectivity index (χ1n) is 14.8. The molecule has 0 saturated heterocycles. The Kier molecular flexibility index (Phi) is 11.0. The van der Waals surface area contributed by atoms with Gasteiger partial charge in [0.2, 0.25) is 0 Å². The maximum Gasteiger partial charge on any atom is 4.00 e. The smallest absolute Gasteiger partial charge is 1.00 e. The van der Waals surface area contributed by atoms with Gasteiger partial charge in [-0.25, -0.2) is 0 Å². The average molecular weight is 652 g/mol. The summed E-state index contributed by atoms with van der Waals surface area (Å²) in [5, 5.41) is 10.8. The van der Waals surface area contributed by atoms with Gasteiger partial charge in [0.25, 0.3) is 0 Å². The van der Waals surface area contributed by atoms with Gasteiger partial charge in [-0.05, 0) is 21.6 Å². The van der Waals surface area contributed by atoms with Crippen LogP contribution in [0.3, 0.4) is 0 Å². The van der Waals surface area contributed by atoms with Crippen LogP contribution in [0.1, 0.15) is 58.2 Å². The molecule has 3 heteroatoms. The summed E-state index contributed by atoms with van der Waals surface area (Å²) in [4.78, 5) is 0. The molecule has 7 rings (SSSR count). The molecule has 0 spiro atoms. The Morgan fingerprint density at radius 3 is 1.77 bits per heavy atom. The number of benzene rings is 5. The van der Waals surface area contributed by atoms with E-state index in [9.17, 15) is 0 Å². The van der Waals surface area contributed by atoms with Crippen molar-refractivity contribution in [2.24, 2.45) is 0 Å². The Morgan fingerprint density at radius 2 is 1.07 bits per heavy atom. The summed E-state index contributed by atoms with van der Waals surface area (Å²) >= 11 is 0. The van der Waals surface area contributed by atoms with Crippen LogP contribution in [-0.2, 0) is 32.5 Å². The maximum absolute atomic E-state index is 2.37. The van der Waals surface area contributed by atoms with Gasteiger partial charge in [-0.15, -0.1) is 85.9 Å². The Hall–Kier alpha value is -2.87. The summed E-state index contributed by atoms with van der Waals surface area (Å²) in [5.74, 6) is 0. The van der Waals surface area contributed by atoms with E-state index in [0.29, 0.717) is 0 Å². The molecule has 0 atom stereocenters. The van der Waals surface area contributed by atoms with E-state index in [0.717, 1.165) is 0 Å². The molecule has 0 bridgehead atoms. The van der Waals surface area contributed by atoms with Crippen molar-refractivity contribution < 1.29 is 46.5 Å². The van der Waals surface area contributed by atoms with Crippen molar-refractivity contribution in [1.82, 2.24) is 0 Å². The zero-order chi connectivity index (χ0) is 28.9. The standard InChI is InChI=1S/C21H25.C20H15.2ClH.Ti/c1-20(2,3)16-9-10-18-15(12-16)11-14-7-8-17(13-19(14)18)21(4,5)6;1-14-12-17-8-4-5-9-19(17)20(14)18-11-10-15-6-2-3-7-16(15)13-18;;;/h7-13H,1-6H3;2-13H,1H3;2*1H;/q2*-1;;;+4/p-2. The van der Waals surface area contributed by atoms with Crippen LogP contribution < -0.4 is 24.8 Å². The summed E-state index contributed by atoms with van der Waals surface area (Å²) in [6.45, 7) is 15.8. The Labute approximate surface area is 290 Å². The van der Waals surface area contributed by atoms with Gasteiger partial charge in [-0.3, -0.25) is 0 Å². The van der Waals surface area contributed by atoms with Crippen molar-refractivity contribution in [1.29, 1.82) is 0 Å². The van der Waals surface area contributed by atoms with Crippen molar-refractivity contribution in [2.75, 3.05) is 0 Å². The number of hydrogen-bond acceptors (Lipinski definition) is 0. The molecule has 222 valence electrons. The molecule has 0 N–H and O–H groups in total. The molecule has 0 radical (unpaired) electrons. The SMILES string of the molecule is CC(C)(C)c1ccc2c(c1)[cH-]c1ccc(C(C)(C)C)cc12.Cc1[cH-]c2ccccc2c1-c1ccc2ccccc2c1.[Cl-].[Cl-].[Ti+4]. The molecule has 7 aromatic carbocycles. The fraction of sp³-hybridized carbons (Fsp3) is 0.220. The molecule has 0 fully saturated rings. The van der Waals surface area contributed by atoms with Gasteiger partial charge in [-0.2, -0.15) is 0 Å². The second kappa shape index (κ2) is 13.6. The number of hydrogen-bond donors (Lipinski definition) is 0. The van der Waals surface area contributed by atoms with Gasteiger partial charge >= 0.3 is 21.7 Å². The molecule has 44 heavy (non-hydrogen) atoms. The normalized spacial score (nSPS) is 11.4. The molecular formula is C41H40Cl2Ti. The van der Waals surface area contributed by atoms with E-state index in [1.54, 1.807) is 0 Å². The Bertz CT molecular complexity index is 2030. The molecule has 0 saturated carbocycles. The van der Waals surface area contributed by atoms with Crippen LogP contribution in [0.15, 0.2) is 115 Å². The summed E-state index contributed by atoms with van der Waals surface area (Å²) < 4.78 is 0. The fourth-order valence-electron chi connectivity index (χ4n) is 6.04. The van der Waals surface area contributed by atoms with Crippen LogP contribution in [0, 0.1) is 6.92 Å². The molecule has 0 heterocycles. The zero-order valence-electron chi connectivity index (χ0n) is 26.7. The van der Waals surface area contributed by atoms with Crippen molar-refractivity contribution in [3.05, 3.63) is 132 Å². The predicted octanol–water partition coefficient (Wildman–Crippen LogP) is 6.00. The third kappa shape index (κ3) is 7.01. The monoisotopic (exact) mass is 650 g/mol. The average Bonchev–Trinajstić information content (AvgIpc) is 3.48. The predicted molar refractivity (Wildman–Crippen MR) is 182 cm³/mol. The minimum absolute atomic E-state index is 0. The van der Waals surface area contributed by atoms with Gasteiger partial charge in [0, 0.05) is 0 Å². The second-order valence-electron chi connectivity index (χ2n) is 13.6. The minimum atomic E-state index is 0. The Balaban J connectivity index is 0.000000225. The van der Waals surface area contributed by atoms with Crippen LogP contribution in [0.4, 0.5) is 0 Å². The Morgan fingerprint density at radius 1 is 0.477 bits per heavy atom. The second-order valence-corrected chi connectivity index (χ2v) is 13.6. The molecule has 0 nitrogen and oxygen atoms in total. The van der Waals surface area contributed by atoms with Crippen molar-refractivity contribution in [2.45, 2.75) is 59.3 Å². The molecule has 7 aromatic rings. The first kappa shape index (κ1) is 35.6. The van der Waals surface area contributed by atoms with E-state index in [4.69, 9.17) is 0 Å². The van der Waals surface area contributed by atoms with Gasteiger partial charge in [0.05, 0.1) is 0 Å². The van der Waals surface area contributed by atoms with Crippen molar-refractivity contribution in [3.63, 3.8) is 0 Å². The van der Waals surface area contributed by atoms with Crippen molar-refractivity contribution >= 4 is 43.1 Å². The fourth-order valence-corrected chi connectivity index (χ4v) is 6.04. The van der Waals surface area contributed by atoms with Gasteiger partial charge < -0.3 is 24.8 Å². The summed E-state index contributed by atoms with van der Waals surface area (Å²) in [5.41, 5.74) is 7.23. The molecule has 0 aliphatic carbocycles. The van der Waals surface area contributed by atoms with Crippen molar-refractivity contribution in [3.8, 4) is 11.1 Å². The summed E-state index contributed by atoms with van der Waals surface area (Å²) in [6.07, 6.45) is 0. The first-order chi connectivity index (χ1) is 19.5. The van der Waals surface area contributed by atoms with Crippen LogP contribution in [0.2, 0.25) is 0 Å². The van der Waals surface area contributed by atoms with E-state index in [-0.39, 0.29) is 57.4 Å². The van der Waals surface area contributed by atoms with E-state index < -0.39 is 0 Å². The van der Waals surface area contributed by atoms with Gasteiger partial charge in [0.1, 0.15) is 0 Å². The molecule has 0 aliphatic heterocycles. The van der Waals surface area contributed by atoms with Crippen LogP contribution in [0.5, 0.6) is 0 Å². The number of aryl methyl sites for hydroxylation is 1. The summed E-state index contributed by atoms with van der Waals surface area (Å²) in [6, 6.07) is 42.3. The molecule has 0 aliphatic rings. The third-order valence-corrected chi connectivity index (χ3v) is 8.47. The number of fused-ring (bicyclic) bond motifs is 5. The van der Waals surface area contributed by atoms with Crippen LogP contribution in [0.25, 0.3) is 54.2 Å². The topological polar surface area (TPSA) is 0 Å². The molecule has 0 aromatic heterocycles. The zero-order valence-corrected chi connectivity index (χ0v) is 29.8. The van der Waals surface area contributed by atoms with E-state index >= 15 is 0 Å². The largest absolute Gasteiger partial charge is 4.00 e. The minimum Gasteiger partial charge on any atom is -1.00 e. The number of halogens is 2. The third-order valence-electron chi connectivity index (χ3n) is 8.47. The molecule has 0 amide bonds.